The second-order valence-corrected chi connectivity index (χ2v) is 4.96. The molecule has 0 radical (unpaired) electrons. The largest absolute Gasteiger partial charge is 0.444 e. The first-order chi connectivity index (χ1) is 5.88. The first-order valence-electron chi connectivity index (χ1n) is 4.49. The number of halogens is 1. The van der Waals surface area contributed by atoms with E-state index in [2.05, 4.69) is 5.32 Å². The van der Waals surface area contributed by atoms with Crippen LogP contribution in [0.5, 0.6) is 0 Å². The number of rotatable bonds is 2. The van der Waals surface area contributed by atoms with Gasteiger partial charge in [0.05, 0.1) is 0 Å². The third kappa shape index (κ3) is 4.36. The van der Waals surface area contributed by atoms with Crippen LogP contribution in [0.25, 0.3) is 0 Å². The monoisotopic (exact) mass is 205 g/mol. The predicted octanol–water partition coefficient (Wildman–Crippen LogP) is 2.14. The average molecular weight is 206 g/mol. The molecule has 4 heteroatoms. The van der Waals surface area contributed by atoms with Gasteiger partial charge >= 0.3 is 6.09 Å². The van der Waals surface area contributed by atoms with Crippen LogP contribution in [0, 0.1) is 5.92 Å². The number of amides is 1. The third-order valence-electron chi connectivity index (χ3n) is 1.74. The maximum Gasteiger partial charge on any atom is 0.407 e. The highest BCUT2D eigenvalue weighted by molar-refractivity contribution is 6.22. The van der Waals surface area contributed by atoms with Gasteiger partial charge in [0, 0.05) is 11.9 Å². The highest BCUT2D eigenvalue weighted by Crippen LogP contribution is 2.35. The topological polar surface area (TPSA) is 38.3 Å². The van der Waals surface area contributed by atoms with Crippen LogP contribution in [0.2, 0.25) is 0 Å². The highest BCUT2D eigenvalue weighted by atomic mass is 35.5. The molecular weight excluding hydrogens is 190 g/mol. The fraction of sp³-hybridized carbons (Fsp3) is 0.889. The van der Waals surface area contributed by atoms with Crippen LogP contribution in [0.3, 0.4) is 0 Å². The van der Waals surface area contributed by atoms with E-state index < -0.39 is 5.60 Å². The molecule has 0 aromatic rings. The molecule has 1 N–H and O–H groups in total. The Morgan fingerprint density at radius 2 is 2.15 bits per heavy atom. The molecule has 1 amide bonds. The van der Waals surface area contributed by atoms with E-state index in [1.54, 1.807) is 0 Å². The van der Waals surface area contributed by atoms with Gasteiger partial charge in [-0.15, -0.1) is 11.6 Å². The van der Waals surface area contributed by atoms with Gasteiger partial charge in [-0.05, 0) is 33.1 Å². The van der Waals surface area contributed by atoms with E-state index >= 15 is 0 Å². The van der Waals surface area contributed by atoms with Crippen LogP contribution in [-0.4, -0.2) is 23.6 Å². The van der Waals surface area contributed by atoms with Crippen molar-refractivity contribution in [2.45, 2.75) is 38.2 Å². The third-order valence-corrected chi connectivity index (χ3v) is 2.28. The summed E-state index contributed by atoms with van der Waals surface area (Å²) in [6, 6.07) is 0. The Kier molecular flexibility index (Phi) is 3.06. The summed E-state index contributed by atoms with van der Waals surface area (Å²) < 4.78 is 5.06. The summed E-state index contributed by atoms with van der Waals surface area (Å²) in [4.78, 5) is 11.1. The second-order valence-electron chi connectivity index (χ2n) is 4.39. The Labute approximate surface area is 83.8 Å². The van der Waals surface area contributed by atoms with Gasteiger partial charge < -0.3 is 10.1 Å². The van der Waals surface area contributed by atoms with Gasteiger partial charge in [-0.25, -0.2) is 4.79 Å². The predicted molar refractivity (Wildman–Crippen MR) is 52.0 cm³/mol. The number of alkyl carbamates (subject to hydrolysis) is 1. The zero-order valence-electron chi connectivity index (χ0n) is 8.26. The maximum absolute atomic E-state index is 11.1. The van der Waals surface area contributed by atoms with E-state index in [1.165, 1.54) is 0 Å². The summed E-state index contributed by atoms with van der Waals surface area (Å²) in [7, 11) is 0. The summed E-state index contributed by atoms with van der Waals surface area (Å²) in [6.45, 7) is 6.15. The van der Waals surface area contributed by atoms with Gasteiger partial charge in [0.2, 0.25) is 0 Å². The molecule has 2 atom stereocenters. The Morgan fingerprint density at radius 1 is 1.62 bits per heavy atom. The van der Waals surface area contributed by atoms with Gasteiger partial charge in [0.1, 0.15) is 5.60 Å². The summed E-state index contributed by atoms with van der Waals surface area (Å²) in [5.74, 6) is 0.439. The van der Waals surface area contributed by atoms with Crippen LogP contribution >= 0.6 is 11.6 Å². The second kappa shape index (κ2) is 3.74. The van der Waals surface area contributed by atoms with Crippen LogP contribution in [0.4, 0.5) is 4.79 Å². The number of nitrogens with one attached hydrogen (secondary N) is 1. The minimum atomic E-state index is -0.423. The number of alkyl halides is 1. The molecule has 1 rings (SSSR count). The van der Waals surface area contributed by atoms with E-state index in [4.69, 9.17) is 16.3 Å². The summed E-state index contributed by atoms with van der Waals surface area (Å²) in [5, 5.41) is 2.93. The van der Waals surface area contributed by atoms with Crippen LogP contribution in [-0.2, 0) is 4.74 Å². The van der Waals surface area contributed by atoms with Crippen molar-refractivity contribution in [1.82, 2.24) is 5.32 Å². The maximum atomic E-state index is 11.1. The lowest BCUT2D eigenvalue weighted by Crippen LogP contribution is -2.33. The van der Waals surface area contributed by atoms with Gasteiger partial charge in [-0.2, -0.15) is 0 Å². The quantitative estimate of drug-likeness (QED) is 0.702. The average Bonchev–Trinajstić information content (AvgIpc) is 2.58. The minimum absolute atomic E-state index is 0.245. The molecule has 0 aliphatic heterocycles. The van der Waals surface area contributed by atoms with Crippen LogP contribution < -0.4 is 5.32 Å². The highest BCUT2D eigenvalue weighted by Gasteiger charge is 2.35. The molecular formula is C9H16ClNO2. The molecule has 1 aliphatic carbocycles. The van der Waals surface area contributed by atoms with E-state index in [-0.39, 0.29) is 11.5 Å². The van der Waals surface area contributed by atoms with Crippen molar-refractivity contribution in [3.05, 3.63) is 0 Å². The molecule has 1 saturated carbocycles. The summed E-state index contributed by atoms with van der Waals surface area (Å²) in [6.07, 6.45) is 0.639. The molecule has 0 saturated heterocycles. The lowest BCUT2D eigenvalue weighted by atomic mass is 10.2. The van der Waals surface area contributed by atoms with Gasteiger partial charge in [-0.1, -0.05) is 0 Å². The Morgan fingerprint density at radius 3 is 2.54 bits per heavy atom. The number of carbonyl (C=O) groups is 1. The van der Waals surface area contributed by atoms with Crippen LogP contribution in [0.15, 0.2) is 0 Å². The summed E-state index contributed by atoms with van der Waals surface area (Å²) in [5.41, 5.74) is -0.423. The molecule has 76 valence electrons. The molecule has 13 heavy (non-hydrogen) atoms. The van der Waals surface area contributed by atoms with Crippen molar-refractivity contribution in [2.24, 2.45) is 5.92 Å². The van der Waals surface area contributed by atoms with Crippen molar-refractivity contribution in [3.63, 3.8) is 0 Å². The fourth-order valence-corrected chi connectivity index (χ4v) is 1.27. The molecule has 0 spiro atoms. The van der Waals surface area contributed by atoms with Crippen LogP contribution in [0.1, 0.15) is 27.2 Å². The van der Waals surface area contributed by atoms with Gasteiger partial charge in [0.25, 0.3) is 0 Å². The first-order valence-corrected chi connectivity index (χ1v) is 4.93. The smallest absolute Gasteiger partial charge is 0.407 e. The SMILES string of the molecule is CC(C)(C)OC(=O)NCC1CC1Cl. The van der Waals surface area contributed by atoms with Crippen molar-refractivity contribution in [3.8, 4) is 0 Å². The normalized spacial score (nSPS) is 26.8. The lowest BCUT2D eigenvalue weighted by molar-refractivity contribution is 0.0525. The van der Waals surface area contributed by atoms with Gasteiger partial charge in [-0.3, -0.25) is 0 Å². The van der Waals surface area contributed by atoms with E-state index in [0.29, 0.717) is 12.5 Å². The van der Waals surface area contributed by atoms with E-state index in [1.807, 2.05) is 20.8 Å². The number of ether oxygens (including phenoxy) is 1. The molecule has 2 unspecified atom stereocenters. The molecule has 0 heterocycles. The Balaban J connectivity index is 2.11. The zero-order chi connectivity index (χ0) is 10.1. The first kappa shape index (κ1) is 10.6. The molecule has 0 bridgehead atoms. The summed E-state index contributed by atoms with van der Waals surface area (Å²) >= 11 is 5.78. The van der Waals surface area contributed by atoms with Crippen molar-refractivity contribution < 1.29 is 9.53 Å². The number of carbonyl (C=O) groups excluding carboxylic acids is 1. The standard InChI is InChI=1S/C9H16ClNO2/c1-9(2,3)13-8(12)11-5-6-4-7(6)10/h6-7H,4-5H2,1-3H3,(H,11,12). The molecule has 0 aromatic heterocycles. The molecule has 3 nitrogen and oxygen atoms in total. The van der Waals surface area contributed by atoms with Crippen molar-refractivity contribution in [2.75, 3.05) is 6.54 Å². The van der Waals surface area contributed by atoms with Crippen molar-refractivity contribution >= 4 is 17.7 Å². The Hall–Kier alpha value is -0.440. The van der Waals surface area contributed by atoms with Gasteiger partial charge in [0.15, 0.2) is 0 Å². The molecule has 0 aromatic carbocycles. The number of hydrogen-bond acceptors (Lipinski definition) is 2. The van der Waals surface area contributed by atoms with Crippen molar-refractivity contribution in [1.29, 1.82) is 0 Å². The minimum Gasteiger partial charge on any atom is -0.444 e. The Bertz CT molecular complexity index is 200. The lowest BCUT2D eigenvalue weighted by Gasteiger charge is -2.19. The zero-order valence-corrected chi connectivity index (χ0v) is 9.02. The van der Waals surface area contributed by atoms with E-state index in [0.717, 1.165) is 6.42 Å². The molecule has 1 aliphatic rings. The van der Waals surface area contributed by atoms with E-state index in [9.17, 15) is 4.79 Å². The fourth-order valence-electron chi connectivity index (χ4n) is 0.950. The molecule has 1 fully saturated rings. The number of hydrogen-bond donors (Lipinski definition) is 1.